The first-order valence-electron chi connectivity index (χ1n) is 6.49. The van der Waals surface area contributed by atoms with Crippen LogP contribution in [0.3, 0.4) is 0 Å². The second-order valence-electron chi connectivity index (χ2n) is 5.28. The van der Waals surface area contributed by atoms with Gasteiger partial charge in [0.15, 0.2) is 4.34 Å². The van der Waals surface area contributed by atoms with E-state index in [1.807, 2.05) is 0 Å². The van der Waals surface area contributed by atoms with Crippen LogP contribution in [0.2, 0.25) is 0 Å². The fourth-order valence-electron chi connectivity index (χ4n) is 2.33. The van der Waals surface area contributed by atoms with Gasteiger partial charge in [0.1, 0.15) is 0 Å². The fraction of sp³-hybridized carbons (Fsp3) is 0.750. The third-order valence-electron chi connectivity index (χ3n) is 3.45. The van der Waals surface area contributed by atoms with E-state index in [9.17, 15) is 4.79 Å². The Kier molecular flexibility index (Phi) is 5.04. The van der Waals surface area contributed by atoms with Crippen LogP contribution in [-0.2, 0) is 4.79 Å². The van der Waals surface area contributed by atoms with Crippen LogP contribution in [0.1, 0.15) is 39.0 Å². The lowest BCUT2D eigenvalue weighted by Crippen LogP contribution is -2.28. The van der Waals surface area contributed by atoms with Crippen LogP contribution < -0.4 is 5.32 Å². The van der Waals surface area contributed by atoms with Crippen molar-refractivity contribution in [3.63, 3.8) is 0 Å². The zero-order valence-electron chi connectivity index (χ0n) is 11.0. The van der Waals surface area contributed by atoms with E-state index in [1.165, 1.54) is 55.2 Å². The van der Waals surface area contributed by atoms with Crippen LogP contribution >= 0.6 is 23.1 Å². The largest absolute Gasteiger partial charge is 0.481 e. The number of carbonyl (C=O) groups is 1. The lowest BCUT2D eigenvalue weighted by atomic mass is 9.76. The predicted molar refractivity (Wildman–Crippen MR) is 78.0 cm³/mol. The van der Waals surface area contributed by atoms with Crippen LogP contribution in [-0.4, -0.2) is 33.6 Å². The Labute approximate surface area is 121 Å². The lowest BCUT2D eigenvalue weighted by Gasteiger charge is -2.33. The molecule has 0 atom stereocenters. The normalized spacial score (nSPS) is 18.2. The number of hydrogen-bond donors (Lipinski definition) is 2. The van der Waals surface area contributed by atoms with E-state index in [4.69, 9.17) is 5.11 Å². The standard InChI is InChI=1S/C12H19N3O2S2/c1-12(5-3-2-4-6-12)8-13-10-14-15-11(19-10)18-7-9(16)17/h2-8H2,1H3,(H,13,14)(H,16,17). The SMILES string of the molecule is CC1(CNc2nnc(SCC(=O)O)s2)CCCCC1. The number of anilines is 1. The third kappa shape index (κ3) is 4.65. The van der Waals surface area contributed by atoms with E-state index in [-0.39, 0.29) is 5.75 Å². The zero-order valence-corrected chi connectivity index (χ0v) is 12.6. The molecule has 7 heteroatoms. The fourth-order valence-corrected chi connectivity index (χ4v) is 3.80. The molecule has 1 fully saturated rings. The summed E-state index contributed by atoms with van der Waals surface area (Å²) < 4.78 is 0.707. The molecule has 0 aliphatic heterocycles. The maximum atomic E-state index is 10.5. The Morgan fingerprint density at radius 2 is 2.16 bits per heavy atom. The quantitative estimate of drug-likeness (QED) is 0.786. The van der Waals surface area contributed by atoms with Crippen LogP contribution in [0, 0.1) is 5.41 Å². The first-order chi connectivity index (χ1) is 9.07. The molecule has 1 aromatic heterocycles. The van der Waals surface area contributed by atoms with Crippen molar-refractivity contribution in [1.29, 1.82) is 0 Å². The molecule has 1 saturated carbocycles. The molecule has 0 saturated heterocycles. The first-order valence-corrected chi connectivity index (χ1v) is 8.30. The Hall–Kier alpha value is -0.820. The smallest absolute Gasteiger partial charge is 0.313 e. The summed E-state index contributed by atoms with van der Waals surface area (Å²) in [6.45, 7) is 3.24. The Morgan fingerprint density at radius 3 is 2.84 bits per heavy atom. The highest BCUT2D eigenvalue weighted by Gasteiger charge is 2.26. The number of nitrogens with zero attached hydrogens (tertiary/aromatic N) is 2. The molecule has 0 spiro atoms. The zero-order chi connectivity index (χ0) is 13.7. The number of carboxylic acids is 1. The van der Waals surface area contributed by atoms with Gasteiger partial charge in [-0.3, -0.25) is 4.79 Å². The van der Waals surface area contributed by atoms with Gasteiger partial charge in [-0.25, -0.2) is 0 Å². The Bertz CT molecular complexity index is 430. The minimum Gasteiger partial charge on any atom is -0.481 e. The van der Waals surface area contributed by atoms with Crippen molar-refractivity contribution in [1.82, 2.24) is 10.2 Å². The molecule has 1 aromatic rings. The molecule has 1 aliphatic carbocycles. The highest BCUT2D eigenvalue weighted by atomic mass is 32.2. The highest BCUT2D eigenvalue weighted by Crippen LogP contribution is 2.36. The summed E-state index contributed by atoms with van der Waals surface area (Å²) >= 11 is 2.64. The molecule has 0 unspecified atom stereocenters. The number of carboxylic acid groups (broad SMARTS) is 1. The number of thioether (sulfide) groups is 1. The number of nitrogens with one attached hydrogen (secondary N) is 1. The van der Waals surface area contributed by atoms with Crippen molar-refractivity contribution >= 4 is 34.2 Å². The molecule has 1 heterocycles. The molecule has 1 aliphatic rings. The summed E-state index contributed by atoms with van der Waals surface area (Å²) in [7, 11) is 0. The Balaban J connectivity index is 1.81. The van der Waals surface area contributed by atoms with E-state index in [0.29, 0.717) is 9.75 Å². The molecule has 5 nitrogen and oxygen atoms in total. The highest BCUT2D eigenvalue weighted by molar-refractivity contribution is 8.01. The summed E-state index contributed by atoms with van der Waals surface area (Å²) in [5.41, 5.74) is 0.359. The van der Waals surface area contributed by atoms with Gasteiger partial charge in [-0.15, -0.1) is 10.2 Å². The third-order valence-corrected chi connectivity index (χ3v) is 5.45. The summed E-state index contributed by atoms with van der Waals surface area (Å²) in [6, 6.07) is 0. The Morgan fingerprint density at radius 1 is 1.42 bits per heavy atom. The van der Waals surface area contributed by atoms with Crippen molar-refractivity contribution in [3.05, 3.63) is 0 Å². The van der Waals surface area contributed by atoms with Gasteiger partial charge in [0.05, 0.1) is 5.75 Å². The second kappa shape index (κ2) is 6.56. The molecule has 106 valence electrons. The summed E-state index contributed by atoms with van der Waals surface area (Å²) in [6.07, 6.45) is 6.51. The molecular formula is C12H19N3O2S2. The molecule has 19 heavy (non-hydrogen) atoms. The van der Waals surface area contributed by atoms with Gasteiger partial charge in [0, 0.05) is 6.54 Å². The van der Waals surface area contributed by atoms with Gasteiger partial charge < -0.3 is 10.4 Å². The van der Waals surface area contributed by atoms with E-state index >= 15 is 0 Å². The van der Waals surface area contributed by atoms with Gasteiger partial charge >= 0.3 is 5.97 Å². The molecule has 2 N–H and O–H groups in total. The molecule has 0 amide bonds. The minimum absolute atomic E-state index is 0.0341. The van der Waals surface area contributed by atoms with Crippen molar-refractivity contribution < 1.29 is 9.90 Å². The summed E-state index contributed by atoms with van der Waals surface area (Å²) in [5, 5.41) is 20.8. The van der Waals surface area contributed by atoms with Crippen LogP contribution in [0.5, 0.6) is 0 Å². The number of aliphatic carboxylic acids is 1. The van der Waals surface area contributed by atoms with Crippen molar-refractivity contribution in [3.8, 4) is 0 Å². The predicted octanol–water partition coefficient (Wildman–Crippen LogP) is 3.10. The van der Waals surface area contributed by atoms with Gasteiger partial charge in [0.2, 0.25) is 5.13 Å². The monoisotopic (exact) mass is 301 g/mol. The average Bonchev–Trinajstić information content (AvgIpc) is 2.83. The van der Waals surface area contributed by atoms with Crippen LogP contribution in [0.4, 0.5) is 5.13 Å². The van der Waals surface area contributed by atoms with Gasteiger partial charge in [-0.2, -0.15) is 0 Å². The maximum absolute atomic E-state index is 10.5. The van der Waals surface area contributed by atoms with Gasteiger partial charge in [-0.05, 0) is 18.3 Å². The van der Waals surface area contributed by atoms with E-state index in [1.54, 1.807) is 0 Å². The first kappa shape index (κ1) is 14.6. The van der Waals surface area contributed by atoms with Crippen molar-refractivity contribution in [2.75, 3.05) is 17.6 Å². The van der Waals surface area contributed by atoms with Crippen molar-refractivity contribution in [2.24, 2.45) is 5.41 Å². The van der Waals surface area contributed by atoms with Crippen molar-refractivity contribution in [2.45, 2.75) is 43.4 Å². The molecule has 0 bridgehead atoms. The molecule has 0 aromatic carbocycles. The average molecular weight is 301 g/mol. The summed E-state index contributed by atoms with van der Waals surface area (Å²) in [4.78, 5) is 10.5. The topological polar surface area (TPSA) is 75.1 Å². The summed E-state index contributed by atoms with van der Waals surface area (Å²) in [5.74, 6) is -0.795. The van der Waals surface area contributed by atoms with Crippen LogP contribution in [0.15, 0.2) is 4.34 Å². The van der Waals surface area contributed by atoms with E-state index < -0.39 is 5.97 Å². The molecule has 2 rings (SSSR count). The number of hydrogen-bond acceptors (Lipinski definition) is 6. The molecule has 0 radical (unpaired) electrons. The van der Waals surface area contributed by atoms with E-state index in [2.05, 4.69) is 22.4 Å². The number of aromatic nitrogens is 2. The van der Waals surface area contributed by atoms with Gasteiger partial charge in [-0.1, -0.05) is 49.3 Å². The lowest BCUT2D eigenvalue weighted by molar-refractivity contribution is -0.133. The van der Waals surface area contributed by atoms with E-state index in [0.717, 1.165) is 11.7 Å². The maximum Gasteiger partial charge on any atom is 0.313 e. The van der Waals surface area contributed by atoms with Crippen LogP contribution in [0.25, 0.3) is 0 Å². The molecular weight excluding hydrogens is 282 g/mol. The minimum atomic E-state index is -0.829. The second-order valence-corrected chi connectivity index (χ2v) is 7.48. The van der Waals surface area contributed by atoms with Gasteiger partial charge in [0.25, 0.3) is 0 Å². The number of rotatable bonds is 6.